The summed E-state index contributed by atoms with van der Waals surface area (Å²) in [4.78, 5) is 0. The van der Waals surface area contributed by atoms with Crippen molar-refractivity contribution in [2.24, 2.45) is 0 Å². The molecular weight excluding hydrogens is 326 g/mol. The van der Waals surface area contributed by atoms with E-state index in [1.54, 1.807) is 0 Å². The van der Waals surface area contributed by atoms with Gasteiger partial charge in [0, 0.05) is 0 Å². The zero-order valence-electron chi connectivity index (χ0n) is 15.2. The summed E-state index contributed by atoms with van der Waals surface area (Å²) in [6.07, 6.45) is 4.53. The Kier molecular flexibility index (Phi) is 6.92. The van der Waals surface area contributed by atoms with Crippen molar-refractivity contribution in [1.82, 2.24) is 0 Å². The quantitative estimate of drug-likeness (QED) is 0.534. The Bertz CT molecular complexity index is 396. The molecule has 0 rings (SSSR count). The van der Waals surface area contributed by atoms with Gasteiger partial charge in [0.2, 0.25) is 0 Å². The van der Waals surface area contributed by atoms with Crippen LogP contribution in [-0.4, -0.2) is 58.7 Å². The van der Waals surface area contributed by atoms with Gasteiger partial charge in [0.1, 0.15) is 0 Å². The summed E-state index contributed by atoms with van der Waals surface area (Å²) in [5.41, 5.74) is 0. The van der Waals surface area contributed by atoms with Gasteiger partial charge in [-0.2, -0.15) is 0 Å². The molecule has 21 heavy (non-hydrogen) atoms. The van der Waals surface area contributed by atoms with Crippen molar-refractivity contribution in [3.8, 4) is 0 Å². The maximum atomic E-state index is 12.6. The fourth-order valence-corrected chi connectivity index (χ4v) is 12.4. The average Bonchev–Trinajstić information content (AvgIpc) is 2.46. The summed E-state index contributed by atoms with van der Waals surface area (Å²) >= 11 is 0. The minimum absolute atomic E-state index is 0.755. The van der Waals surface area contributed by atoms with E-state index >= 15 is 0 Å². The molecule has 7 heteroatoms. The van der Waals surface area contributed by atoms with Crippen LogP contribution in [0.5, 0.6) is 0 Å². The van der Waals surface area contributed by atoms with Crippen molar-refractivity contribution >= 4 is 24.1 Å². The van der Waals surface area contributed by atoms with Gasteiger partial charge in [-0.25, -0.2) is 0 Å². The molecule has 0 aromatic carbocycles. The Morgan fingerprint density at radius 2 is 0.810 bits per heavy atom. The number of hydrogen-bond donors (Lipinski definition) is 0. The van der Waals surface area contributed by atoms with E-state index in [0.717, 1.165) is 37.0 Å². The third-order valence-corrected chi connectivity index (χ3v) is 21.9. The molecule has 132 valence electrons. The molecule has 0 aromatic rings. The van der Waals surface area contributed by atoms with E-state index in [1.807, 2.05) is 54.9 Å². The van der Waals surface area contributed by atoms with E-state index in [-0.39, 0.29) is 0 Å². The first-order valence-corrected chi connectivity index (χ1v) is 15.7. The molecule has 0 aliphatic carbocycles. The summed E-state index contributed by atoms with van der Waals surface area (Å²) in [5.74, 6) is 0. The Morgan fingerprint density at radius 3 is 0.952 bits per heavy atom. The second-order valence-corrected chi connectivity index (χ2v) is 21.4. The molecule has 0 bridgehead atoms. The van der Waals surface area contributed by atoms with Crippen molar-refractivity contribution in [2.75, 3.05) is 50.3 Å². The fourth-order valence-electron chi connectivity index (χ4n) is 2.24. The SMILES string of the molecule is CCP(C)(CC)(CC)OS(=O)(=O)OP(C)(CC)(CC)CC. The molecule has 0 radical (unpaired) electrons. The molecule has 0 saturated heterocycles. The normalized spacial score (nSPS) is 17.7. The zero-order chi connectivity index (χ0) is 17.1. The number of hydrogen-bond acceptors (Lipinski definition) is 4. The molecule has 0 aliphatic heterocycles. The Morgan fingerprint density at radius 1 is 0.619 bits per heavy atom. The Hall–Kier alpha value is 0.730. The molecule has 0 saturated carbocycles. The van der Waals surface area contributed by atoms with E-state index < -0.39 is 24.1 Å². The van der Waals surface area contributed by atoms with Gasteiger partial charge in [0.25, 0.3) is 0 Å². The summed E-state index contributed by atoms with van der Waals surface area (Å²) in [7, 11) is -3.97. The number of rotatable bonds is 10. The molecule has 0 aromatic heterocycles. The van der Waals surface area contributed by atoms with Crippen molar-refractivity contribution in [3.63, 3.8) is 0 Å². The average molecular weight is 362 g/mol. The second-order valence-electron chi connectivity index (χ2n) is 6.83. The first kappa shape index (κ1) is 21.7. The van der Waals surface area contributed by atoms with Gasteiger partial charge < -0.3 is 0 Å². The molecule has 0 unspecified atom stereocenters. The maximum absolute atomic E-state index is 12.6. The van der Waals surface area contributed by atoms with E-state index in [9.17, 15) is 8.42 Å². The van der Waals surface area contributed by atoms with Gasteiger partial charge in [-0.1, -0.05) is 0 Å². The first-order chi connectivity index (χ1) is 9.37. The fraction of sp³-hybridized carbons (Fsp3) is 1.00. The van der Waals surface area contributed by atoms with Crippen LogP contribution in [0.3, 0.4) is 0 Å². The topological polar surface area (TPSA) is 52.6 Å². The van der Waals surface area contributed by atoms with Crippen molar-refractivity contribution in [1.29, 1.82) is 0 Å². The van der Waals surface area contributed by atoms with Crippen LogP contribution in [0.15, 0.2) is 0 Å². The molecule has 0 N–H and O–H groups in total. The van der Waals surface area contributed by atoms with Gasteiger partial charge in [-0.15, -0.1) is 0 Å². The van der Waals surface area contributed by atoms with Crippen molar-refractivity contribution in [3.05, 3.63) is 0 Å². The molecule has 4 nitrogen and oxygen atoms in total. The van der Waals surface area contributed by atoms with Crippen molar-refractivity contribution < 1.29 is 16.4 Å². The van der Waals surface area contributed by atoms with Gasteiger partial charge in [-0.3, -0.25) is 0 Å². The monoisotopic (exact) mass is 362 g/mol. The van der Waals surface area contributed by atoms with Crippen LogP contribution in [0.2, 0.25) is 0 Å². The van der Waals surface area contributed by atoms with E-state index in [2.05, 4.69) is 0 Å². The van der Waals surface area contributed by atoms with E-state index in [0.29, 0.717) is 0 Å². The summed E-state index contributed by atoms with van der Waals surface area (Å²) < 4.78 is 36.9. The Labute approximate surface area is 132 Å². The molecule has 0 spiro atoms. The van der Waals surface area contributed by atoms with Crippen LogP contribution in [0.1, 0.15) is 41.5 Å². The summed E-state index contributed by atoms with van der Waals surface area (Å²) in [6, 6.07) is 0. The second kappa shape index (κ2) is 6.69. The molecule has 0 heterocycles. The standard InChI is InChI=1S/C14H36O4P2S/c1-9-19(7,10-2,11-3)17-21(15,16)18-20(8,12-4,13-5)14-6/h9-14H2,1-8H3. The third-order valence-electron chi connectivity index (χ3n) is 6.00. The Balaban J connectivity index is 5.64. The molecule has 0 fully saturated rings. The molecular formula is C14H36O4P2S. The van der Waals surface area contributed by atoms with Crippen molar-refractivity contribution in [2.45, 2.75) is 41.5 Å². The van der Waals surface area contributed by atoms with Crippen LogP contribution in [0, 0.1) is 0 Å². The van der Waals surface area contributed by atoms with Crippen LogP contribution in [0.4, 0.5) is 0 Å². The van der Waals surface area contributed by atoms with Crippen LogP contribution >= 0.6 is 13.7 Å². The minimum atomic E-state index is -3.97. The molecule has 0 atom stereocenters. The predicted molar refractivity (Wildman–Crippen MR) is 100 cm³/mol. The summed E-state index contributed by atoms with van der Waals surface area (Å²) in [5, 5.41) is 0. The van der Waals surface area contributed by atoms with Gasteiger partial charge in [0.15, 0.2) is 0 Å². The van der Waals surface area contributed by atoms with Crippen LogP contribution < -0.4 is 0 Å². The first-order valence-electron chi connectivity index (χ1n) is 8.07. The predicted octanol–water partition coefficient (Wildman–Crippen LogP) is 4.58. The summed E-state index contributed by atoms with van der Waals surface area (Å²) in [6.45, 7) is 10.8. The molecule has 0 amide bonds. The zero-order valence-corrected chi connectivity index (χ0v) is 17.8. The van der Waals surface area contributed by atoms with Crippen LogP contribution in [0.25, 0.3) is 0 Å². The van der Waals surface area contributed by atoms with Crippen LogP contribution in [-0.2, 0) is 18.3 Å². The van der Waals surface area contributed by atoms with Gasteiger partial charge >= 0.3 is 132 Å². The van der Waals surface area contributed by atoms with Gasteiger partial charge in [0.05, 0.1) is 0 Å². The third kappa shape index (κ3) is 4.85. The van der Waals surface area contributed by atoms with Gasteiger partial charge in [-0.05, 0) is 0 Å². The van der Waals surface area contributed by atoms with E-state index in [4.69, 9.17) is 7.94 Å². The van der Waals surface area contributed by atoms with E-state index in [1.165, 1.54) is 0 Å². The molecule has 0 aliphatic rings.